The Labute approximate surface area is 132 Å². The van der Waals surface area contributed by atoms with Crippen LogP contribution in [0.3, 0.4) is 0 Å². The van der Waals surface area contributed by atoms with Gasteiger partial charge in [0.1, 0.15) is 11.5 Å². The fourth-order valence-electron chi connectivity index (χ4n) is 2.37. The van der Waals surface area contributed by atoms with Crippen molar-refractivity contribution >= 4 is 21.7 Å². The van der Waals surface area contributed by atoms with Crippen molar-refractivity contribution in [3.63, 3.8) is 0 Å². The maximum atomic E-state index is 6.21. The molecule has 2 aromatic rings. The lowest BCUT2D eigenvalue weighted by Gasteiger charge is -2.12. The van der Waals surface area contributed by atoms with Crippen LogP contribution in [0.2, 0.25) is 0 Å². The standard InChI is InChI=1S/C15H18BrN3O2/c1-9(2)19-8-18-13(15(19)17)10-6-11(16)14-12(7-10)20-4-3-5-21-14/h6-9H,3-5,17H2,1-2H3. The van der Waals surface area contributed by atoms with Crippen LogP contribution >= 0.6 is 15.9 Å². The third-order valence-electron chi connectivity index (χ3n) is 3.46. The summed E-state index contributed by atoms with van der Waals surface area (Å²) < 4.78 is 14.3. The molecule has 0 amide bonds. The van der Waals surface area contributed by atoms with Crippen molar-refractivity contribution in [3.8, 4) is 22.8 Å². The molecule has 0 fully saturated rings. The highest BCUT2D eigenvalue weighted by Crippen LogP contribution is 2.41. The molecule has 2 N–H and O–H groups in total. The molecule has 112 valence electrons. The number of rotatable bonds is 2. The van der Waals surface area contributed by atoms with E-state index in [9.17, 15) is 0 Å². The lowest BCUT2D eigenvalue weighted by atomic mass is 10.1. The smallest absolute Gasteiger partial charge is 0.175 e. The van der Waals surface area contributed by atoms with Crippen molar-refractivity contribution in [2.24, 2.45) is 0 Å². The van der Waals surface area contributed by atoms with Gasteiger partial charge >= 0.3 is 0 Å². The van der Waals surface area contributed by atoms with Gasteiger partial charge in [-0.3, -0.25) is 0 Å². The number of imidazole rings is 1. The summed E-state index contributed by atoms with van der Waals surface area (Å²) in [6, 6.07) is 4.18. The molecule has 0 saturated carbocycles. The molecule has 2 heterocycles. The van der Waals surface area contributed by atoms with Crippen molar-refractivity contribution in [2.75, 3.05) is 18.9 Å². The number of nitrogens with zero attached hydrogens (tertiary/aromatic N) is 2. The zero-order chi connectivity index (χ0) is 15.0. The number of anilines is 1. The first-order valence-corrected chi connectivity index (χ1v) is 7.79. The second-order valence-electron chi connectivity index (χ2n) is 5.32. The summed E-state index contributed by atoms with van der Waals surface area (Å²) in [7, 11) is 0. The summed E-state index contributed by atoms with van der Waals surface area (Å²) in [5, 5.41) is 0. The van der Waals surface area contributed by atoms with Crippen LogP contribution in [0.1, 0.15) is 26.3 Å². The largest absolute Gasteiger partial charge is 0.489 e. The summed E-state index contributed by atoms with van der Waals surface area (Å²) in [6.07, 6.45) is 2.65. The number of fused-ring (bicyclic) bond motifs is 1. The monoisotopic (exact) mass is 351 g/mol. The van der Waals surface area contributed by atoms with Crippen molar-refractivity contribution in [2.45, 2.75) is 26.3 Å². The molecule has 1 aliphatic heterocycles. The van der Waals surface area contributed by atoms with Gasteiger partial charge in [-0.25, -0.2) is 4.98 Å². The van der Waals surface area contributed by atoms with Gasteiger partial charge in [-0.2, -0.15) is 0 Å². The fraction of sp³-hybridized carbons (Fsp3) is 0.400. The minimum Gasteiger partial charge on any atom is -0.489 e. The maximum absolute atomic E-state index is 6.21. The van der Waals surface area contributed by atoms with Gasteiger partial charge in [0, 0.05) is 18.0 Å². The van der Waals surface area contributed by atoms with Gasteiger partial charge in [0.25, 0.3) is 0 Å². The van der Waals surface area contributed by atoms with E-state index in [-0.39, 0.29) is 6.04 Å². The van der Waals surface area contributed by atoms with Crippen LogP contribution in [-0.4, -0.2) is 22.8 Å². The van der Waals surface area contributed by atoms with E-state index in [0.29, 0.717) is 19.0 Å². The number of hydrogen-bond acceptors (Lipinski definition) is 4. The molecular formula is C15H18BrN3O2. The molecule has 6 heteroatoms. The Morgan fingerprint density at radius 1 is 1.29 bits per heavy atom. The van der Waals surface area contributed by atoms with Crippen molar-refractivity contribution < 1.29 is 9.47 Å². The van der Waals surface area contributed by atoms with Crippen molar-refractivity contribution in [1.82, 2.24) is 9.55 Å². The van der Waals surface area contributed by atoms with Crippen LogP contribution in [0, 0.1) is 0 Å². The average Bonchev–Trinajstić information content (AvgIpc) is 2.67. The number of nitrogens with two attached hydrogens (primary N) is 1. The third-order valence-corrected chi connectivity index (χ3v) is 4.05. The molecule has 0 unspecified atom stereocenters. The first-order chi connectivity index (χ1) is 10.1. The van der Waals surface area contributed by atoms with E-state index in [0.717, 1.165) is 33.6 Å². The minimum absolute atomic E-state index is 0.273. The van der Waals surface area contributed by atoms with Gasteiger partial charge in [0.05, 0.1) is 24.0 Å². The molecule has 0 atom stereocenters. The number of hydrogen-bond donors (Lipinski definition) is 1. The molecule has 0 saturated heterocycles. The highest BCUT2D eigenvalue weighted by Gasteiger charge is 2.19. The highest BCUT2D eigenvalue weighted by atomic mass is 79.9. The summed E-state index contributed by atoms with van der Waals surface area (Å²) in [5.41, 5.74) is 7.89. The predicted molar refractivity (Wildman–Crippen MR) is 85.8 cm³/mol. The van der Waals surface area contributed by atoms with Crippen molar-refractivity contribution in [1.29, 1.82) is 0 Å². The topological polar surface area (TPSA) is 62.3 Å². The Balaban J connectivity index is 2.07. The second kappa shape index (κ2) is 5.60. The van der Waals surface area contributed by atoms with E-state index in [1.54, 1.807) is 6.33 Å². The number of ether oxygens (including phenoxy) is 2. The lowest BCUT2D eigenvalue weighted by molar-refractivity contribution is 0.296. The van der Waals surface area contributed by atoms with E-state index < -0.39 is 0 Å². The molecule has 3 rings (SSSR count). The Hall–Kier alpha value is -1.69. The molecule has 0 aliphatic carbocycles. The van der Waals surface area contributed by atoms with Crippen LogP contribution in [-0.2, 0) is 0 Å². The Morgan fingerprint density at radius 2 is 2.05 bits per heavy atom. The van der Waals surface area contributed by atoms with Crippen LogP contribution in [0.5, 0.6) is 11.5 Å². The van der Waals surface area contributed by atoms with Gasteiger partial charge in [-0.05, 0) is 41.9 Å². The molecule has 1 aromatic heterocycles. The number of nitrogen functional groups attached to an aromatic ring is 1. The summed E-state index contributed by atoms with van der Waals surface area (Å²) in [4.78, 5) is 4.44. The normalized spacial score (nSPS) is 14.3. The van der Waals surface area contributed by atoms with Gasteiger partial charge in [0.15, 0.2) is 11.5 Å². The average molecular weight is 352 g/mol. The van der Waals surface area contributed by atoms with Gasteiger partial charge in [0.2, 0.25) is 0 Å². The summed E-state index contributed by atoms with van der Waals surface area (Å²) >= 11 is 3.54. The number of aromatic nitrogens is 2. The zero-order valence-electron chi connectivity index (χ0n) is 12.1. The molecule has 1 aliphatic rings. The van der Waals surface area contributed by atoms with E-state index >= 15 is 0 Å². The number of halogens is 1. The molecule has 0 bridgehead atoms. The van der Waals surface area contributed by atoms with Crippen molar-refractivity contribution in [3.05, 3.63) is 22.9 Å². The highest BCUT2D eigenvalue weighted by molar-refractivity contribution is 9.10. The Kier molecular flexibility index (Phi) is 3.80. The molecular weight excluding hydrogens is 334 g/mol. The quantitative estimate of drug-likeness (QED) is 0.896. The summed E-state index contributed by atoms with van der Waals surface area (Å²) in [5.74, 6) is 2.14. The van der Waals surface area contributed by atoms with Gasteiger partial charge in [-0.15, -0.1) is 0 Å². The summed E-state index contributed by atoms with van der Waals surface area (Å²) in [6.45, 7) is 5.46. The first-order valence-electron chi connectivity index (χ1n) is 6.99. The second-order valence-corrected chi connectivity index (χ2v) is 6.17. The lowest BCUT2D eigenvalue weighted by Crippen LogP contribution is -2.04. The van der Waals surface area contributed by atoms with Crippen LogP contribution in [0.25, 0.3) is 11.3 Å². The molecule has 21 heavy (non-hydrogen) atoms. The molecule has 5 nitrogen and oxygen atoms in total. The van der Waals surface area contributed by atoms with Crippen LogP contribution in [0.4, 0.5) is 5.82 Å². The van der Waals surface area contributed by atoms with E-state index in [4.69, 9.17) is 15.2 Å². The van der Waals surface area contributed by atoms with Crippen LogP contribution < -0.4 is 15.2 Å². The minimum atomic E-state index is 0.273. The Bertz CT molecular complexity index is 667. The maximum Gasteiger partial charge on any atom is 0.175 e. The van der Waals surface area contributed by atoms with Gasteiger partial charge in [-0.1, -0.05) is 0 Å². The van der Waals surface area contributed by atoms with Gasteiger partial charge < -0.3 is 19.8 Å². The zero-order valence-corrected chi connectivity index (χ0v) is 13.7. The molecule has 1 aromatic carbocycles. The van der Waals surface area contributed by atoms with Crippen LogP contribution in [0.15, 0.2) is 22.9 Å². The molecule has 0 radical (unpaired) electrons. The first kappa shape index (κ1) is 14.3. The fourth-order valence-corrected chi connectivity index (χ4v) is 2.93. The number of benzene rings is 1. The van der Waals surface area contributed by atoms with E-state index in [2.05, 4.69) is 34.8 Å². The molecule has 0 spiro atoms. The predicted octanol–water partition coefficient (Wildman–Crippen LogP) is 3.64. The Morgan fingerprint density at radius 3 is 2.76 bits per heavy atom. The van der Waals surface area contributed by atoms with E-state index in [1.165, 1.54) is 0 Å². The van der Waals surface area contributed by atoms with E-state index in [1.807, 2.05) is 16.7 Å². The SMILES string of the molecule is CC(C)n1cnc(-c2cc(Br)c3c(c2)OCCCO3)c1N. The third kappa shape index (κ3) is 2.60.